The van der Waals surface area contributed by atoms with Crippen molar-refractivity contribution < 1.29 is 9.90 Å². The van der Waals surface area contributed by atoms with E-state index in [-0.39, 0.29) is 0 Å². The zero-order valence-corrected chi connectivity index (χ0v) is 12.7. The molecule has 0 aromatic rings. The Morgan fingerprint density at radius 3 is 2.53 bits per heavy atom. The number of aliphatic carboxylic acids is 1. The van der Waals surface area contributed by atoms with Crippen molar-refractivity contribution in [2.75, 3.05) is 26.2 Å². The first-order chi connectivity index (χ1) is 8.98. The van der Waals surface area contributed by atoms with E-state index < -0.39 is 11.5 Å². The number of hydrogen-bond donors (Lipinski definition) is 2. The van der Waals surface area contributed by atoms with Crippen LogP contribution in [0.4, 0.5) is 0 Å². The van der Waals surface area contributed by atoms with Crippen molar-refractivity contribution in [1.82, 2.24) is 10.2 Å². The highest BCUT2D eigenvalue weighted by Crippen LogP contribution is 2.18. The number of nitrogens with zero attached hydrogens (tertiary/aromatic N) is 1. The average Bonchev–Trinajstić information content (AvgIpc) is 2.37. The molecule has 0 spiro atoms. The minimum absolute atomic E-state index is 0.701. The minimum Gasteiger partial charge on any atom is -0.480 e. The van der Waals surface area contributed by atoms with Crippen molar-refractivity contribution in [2.45, 2.75) is 58.4 Å². The Bertz CT molecular complexity index is 275. The molecule has 4 nitrogen and oxygen atoms in total. The molecule has 0 radical (unpaired) electrons. The molecule has 1 unspecified atom stereocenters. The highest BCUT2D eigenvalue weighted by Gasteiger charge is 2.31. The van der Waals surface area contributed by atoms with Gasteiger partial charge in [0.1, 0.15) is 5.54 Å². The summed E-state index contributed by atoms with van der Waals surface area (Å²) in [5.74, 6) is 0.140. The standard InChI is InChI=1S/C15H30N2O2/c1-4-16-15(3,14(18)19)9-5-6-10-17-11-7-13(2)8-12-17/h13,16H,4-12H2,1-3H3,(H,18,19). The molecule has 1 atom stereocenters. The van der Waals surface area contributed by atoms with Crippen molar-refractivity contribution in [2.24, 2.45) is 5.92 Å². The van der Waals surface area contributed by atoms with Crippen LogP contribution in [0, 0.1) is 5.92 Å². The van der Waals surface area contributed by atoms with E-state index in [0.717, 1.165) is 25.3 Å². The van der Waals surface area contributed by atoms with E-state index in [1.807, 2.05) is 6.92 Å². The molecule has 1 heterocycles. The molecule has 19 heavy (non-hydrogen) atoms. The summed E-state index contributed by atoms with van der Waals surface area (Å²) >= 11 is 0. The van der Waals surface area contributed by atoms with Crippen molar-refractivity contribution >= 4 is 5.97 Å². The second-order valence-corrected chi connectivity index (χ2v) is 6.15. The quantitative estimate of drug-likeness (QED) is 0.665. The lowest BCUT2D eigenvalue weighted by Gasteiger charge is -2.30. The number of carboxylic acid groups (broad SMARTS) is 1. The summed E-state index contributed by atoms with van der Waals surface area (Å²) in [6, 6.07) is 0. The van der Waals surface area contributed by atoms with Crippen molar-refractivity contribution in [3.63, 3.8) is 0 Å². The van der Waals surface area contributed by atoms with Gasteiger partial charge in [-0.2, -0.15) is 0 Å². The lowest BCUT2D eigenvalue weighted by Crippen LogP contribution is -2.49. The van der Waals surface area contributed by atoms with Crippen LogP contribution >= 0.6 is 0 Å². The van der Waals surface area contributed by atoms with Gasteiger partial charge in [-0.15, -0.1) is 0 Å². The molecular formula is C15H30N2O2. The predicted molar refractivity (Wildman–Crippen MR) is 78.4 cm³/mol. The third-order valence-corrected chi connectivity index (χ3v) is 4.32. The van der Waals surface area contributed by atoms with Gasteiger partial charge in [0.25, 0.3) is 0 Å². The number of carboxylic acids is 1. The number of likely N-dealkylation sites (N-methyl/N-ethyl adjacent to an activating group) is 1. The first kappa shape index (κ1) is 16.4. The Morgan fingerprint density at radius 1 is 1.37 bits per heavy atom. The molecule has 1 rings (SSSR count). The number of rotatable bonds is 8. The van der Waals surface area contributed by atoms with E-state index in [2.05, 4.69) is 17.1 Å². The Labute approximate surface area is 117 Å². The van der Waals surface area contributed by atoms with Crippen molar-refractivity contribution in [3.05, 3.63) is 0 Å². The smallest absolute Gasteiger partial charge is 0.323 e. The zero-order valence-electron chi connectivity index (χ0n) is 12.7. The van der Waals surface area contributed by atoms with Gasteiger partial charge in [-0.3, -0.25) is 4.79 Å². The summed E-state index contributed by atoms with van der Waals surface area (Å²) in [7, 11) is 0. The van der Waals surface area contributed by atoms with Gasteiger partial charge in [-0.25, -0.2) is 0 Å². The molecule has 112 valence electrons. The number of hydrogen-bond acceptors (Lipinski definition) is 3. The van der Waals surface area contributed by atoms with Crippen molar-refractivity contribution in [3.8, 4) is 0 Å². The fourth-order valence-corrected chi connectivity index (χ4v) is 2.76. The van der Waals surface area contributed by atoms with Gasteiger partial charge in [0.2, 0.25) is 0 Å². The van der Waals surface area contributed by atoms with Crippen LogP contribution in [0.15, 0.2) is 0 Å². The summed E-state index contributed by atoms with van der Waals surface area (Å²) in [6.07, 6.45) is 5.40. The third-order valence-electron chi connectivity index (χ3n) is 4.32. The maximum absolute atomic E-state index is 11.3. The molecule has 1 aliphatic heterocycles. The van der Waals surface area contributed by atoms with E-state index in [1.54, 1.807) is 6.92 Å². The number of likely N-dealkylation sites (tertiary alicyclic amines) is 1. The summed E-state index contributed by atoms with van der Waals surface area (Å²) in [5, 5.41) is 12.4. The molecule has 1 saturated heterocycles. The Morgan fingerprint density at radius 2 is 2.00 bits per heavy atom. The van der Waals surface area contributed by atoms with Crippen LogP contribution in [0.2, 0.25) is 0 Å². The van der Waals surface area contributed by atoms with Crippen LogP contribution in [0.5, 0.6) is 0 Å². The molecule has 1 aliphatic rings. The zero-order chi connectivity index (χ0) is 14.3. The SMILES string of the molecule is CCNC(C)(CCCCN1CCC(C)CC1)C(=O)O. The topological polar surface area (TPSA) is 52.6 Å². The van der Waals surface area contributed by atoms with Gasteiger partial charge in [0, 0.05) is 0 Å². The number of unbranched alkanes of at least 4 members (excludes halogenated alkanes) is 1. The van der Waals surface area contributed by atoms with Crippen LogP contribution in [0.25, 0.3) is 0 Å². The molecule has 2 N–H and O–H groups in total. The summed E-state index contributed by atoms with van der Waals surface area (Å²) in [4.78, 5) is 13.8. The molecule has 0 saturated carbocycles. The highest BCUT2D eigenvalue weighted by molar-refractivity contribution is 5.78. The van der Waals surface area contributed by atoms with Crippen LogP contribution < -0.4 is 5.32 Å². The maximum atomic E-state index is 11.3. The van der Waals surface area contributed by atoms with Crippen LogP contribution in [-0.2, 0) is 4.79 Å². The molecular weight excluding hydrogens is 240 g/mol. The fourth-order valence-electron chi connectivity index (χ4n) is 2.76. The van der Waals surface area contributed by atoms with Gasteiger partial charge in [-0.1, -0.05) is 13.8 Å². The van der Waals surface area contributed by atoms with Gasteiger partial charge in [0.15, 0.2) is 0 Å². The first-order valence-corrected chi connectivity index (χ1v) is 7.68. The number of nitrogens with one attached hydrogen (secondary N) is 1. The molecule has 0 aliphatic carbocycles. The second-order valence-electron chi connectivity index (χ2n) is 6.15. The van der Waals surface area contributed by atoms with Crippen LogP contribution in [0.3, 0.4) is 0 Å². The van der Waals surface area contributed by atoms with E-state index in [1.165, 1.54) is 25.9 Å². The molecule has 0 aromatic carbocycles. The number of carbonyl (C=O) groups is 1. The fraction of sp³-hybridized carbons (Fsp3) is 0.933. The van der Waals surface area contributed by atoms with E-state index in [0.29, 0.717) is 13.0 Å². The Balaban J connectivity index is 2.20. The Hall–Kier alpha value is -0.610. The molecule has 0 amide bonds. The lowest BCUT2D eigenvalue weighted by molar-refractivity contribution is -0.144. The van der Waals surface area contributed by atoms with Gasteiger partial charge >= 0.3 is 5.97 Å². The van der Waals surface area contributed by atoms with Crippen LogP contribution in [0.1, 0.15) is 52.9 Å². The minimum atomic E-state index is -0.759. The summed E-state index contributed by atoms with van der Waals surface area (Å²) in [6.45, 7) is 10.3. The normalized spacial score (nSPS) is 21.2. The largest absolute Gasteiger partial charge is 0.480 e. The average molecular weight is 270 g/mol. The predicted octanol–water partition coefficient (Wildman–Crippen LogP) is 2.34. The van der Waals surface area contributed by atoms with Crippen molar-refractivity contribution in [1.29, 1.82) is 0 Å². The summed E-state index contributed by atoms with van der Waals surface area (Å²) < 4.78 is 0. The lowest BCUT2D eigenvalue weighted by atomic mass is 9.94. The van der Waals surface area contributed by atoms with E-state index >= 15 is 0 Å². The Kier molecular flexibility index (Phi) is 6.80. The van der Waals surface area contributed by atoms with E-state index in [9.17, 15) is 9.90 Å². The first-order valence-electron chi connectivity index (χ1n) is 7.68. The summed E-state index contributed by atoms with van der Waals surface area (Å²) in [5.41, 5.74) is -0.759. The molecule has 0 bridgehead atoms. The van der Waals surface area contributed by atoms with Crippen LogP contribution in [-0.4, -0.2) is 47.7 Å². The second kappa shape index (κ2) is 7.85. The van der Waals surface area contributed by atoms with Gasteiger partial charge in [-0.05, 0) is 71.1 Å². The number of piperidine rings is 1. The van der Waals surface area contributed by atoms with Gasteiger partial charge < -0.3 is 15.3 Å². The monoisotopic (exact) mass is 270 g/mol. The van der Waals surface area contributed by atoms with E-state index in [4.69, 9.17) is 0 Å². The highest BCUT2D eigenvalue weighted by atomic mass is 16.4. The van der Waals surface area contributed by atoms with Gasteiger partial charge in [0.05, 0.1) is 0 Å². The third kappa shape index (κ3) is 5.49. The molecule has 1 fully saturated rings. The maximum Gasteiger partial charge on any atom is 0.323 e. The molecule has 4 heteroatoms. The molecule has 0 aromatic heterocycles.